The zero-order valence-corrected chi connectivity index (χ0v) is 17.9. The molecule has 1 aromatic carbocycles. The molecule has 0 bridgehead atoms. The summed E-state index contributed by atoms with van der Waals surface area (Å²) in [5.41, 5.74) is 1.18. The normalized spacial score (nSPS) is 22.1. The van der Waals surface area contributed by atoms with Crippen molar-refractivity contribution in [2.75, 3.05) is 71.7 Å². The largest absolute Gasteiger partial charge is 0.495 e. The van der Waals surface area contributed by atoms with Crippen molar-refractivity contribution in [1.82, 2.24) is 10.6 Å². The van der Waals surface area contributed by atoms with Crippen LogP contribution in [0, 0.1) is 11.8 Å². The fourth-order valence-electron chi connectivity index (χ4n) is 3.92. The summed E-state index contributed by atoms with van der Waals surface area (Å²) < 4.78 is 16.6. The van der Waals surface area contributed by atoms with E-state index in [9.17, 15) is 0 Å². The van der Waals surface area contributed by atoms with Crippen LogP contribution in [-0.2, 0) is 9.47 Å². The van der Waals surface area contributed by atoms with Crippen molar-refractivity contribution in [3.63, 3.8) is 0 Å². The molecule has 0 amide bonds. The third-order valence-corrected chi connectivity index (χ3v) is 5.63. The van der Waals surface area contributed by atoms with Gasteiger partial charge >= 0.3 is 0 Å². The highest BCUT2D eigenvalue weighted by atomic mass is 16.5. The smallest absolute Gasteiger partial charge is 0.190 e. The molecule has 2 aliphatic rings. The number of anilines is 1. The fraction of sp³-hybridized carbons (Fsp3) is 0.682. The highest BCUT2D eigenvalue weighted by Crippen LogP contribution is 2.31. The summed E-state index contributed by atoms with van der Waals surface area (Å²) in [6.07, 6.45) is 3.27. The van der Waals surface area contributed by atoms with Crippen molar-refractivity contribution in [2.24, 2.45) is 16.8 Å². The topological polar surface area (TPSA) is 67.4 Å². The maximum atomic E-state index is 5.75. The number of para-hydroxylation sites is 2. The SMILES string of the molecule is CN=C(NCCCOCC1CCOC1)NCC1CCN(c2ccccc2OC)C1. The molecule has 2 saturated heterocycles. The van der Waals surface area contributed by atoms with E-state index < -0.39 is 0 Å². The molecule has 2 unspecified atom stereocenters. The number of rotatable bonds is 10. The number of benzene rings is 1. The van der Waals surface area contributed by atoms with E-state index in [2.05, 4.69) is 32.7 Å². The number of nitrogens with zero attached hydrogens (tertiary/aromatic N) is 2. The van der Waals surface area contributed by atoms with E-state index in [1.807, 2.05) is 19.2 Å². The van der Waals surface area contributed by atoms with Gasteiger partial charge < -0.3 is 29.7 Å². The van der Waals surface area contributed by atoms with Gasteiger partial charge in [-0.3, -0.25) is 4.99 Å². The molecule has 0 aromatic heterocycles. The molecule has 0 saturated carbocycles. The molecule has 2 N–H and O–H groups in total. The molecule has 0 aliphatic carbocycles. The lowest BCUT2D eigenvalue weighted by molar-refractivity contribution is 0.0888. The number of aliphatic imine (C=N–C) groups is 1. The maximum Gasteiger partial charge on any atom is 0.190 e. The lowest BCUT2D eigenvalue weighted by atomic mass is 10.1. The lowest BCUT2D eigenvalue weighted by Gasteiger charge is -2.21. The molecule has 1 aromatic rings. The van der Waals surface area contributed by atoms with Gasteiger partial charge in [0.15, 0.2) is 5.96 Å². The van der Waals surface area contributed by atoms with Crippen molar-refractivity contribution in [1.29, 1.82) is 0 Å². The van der Waals surface area contributed by atoms with Crippen LogP contribution < -0.4 is 20.3 Å². The summed E-state index contributed by atoms with van der Waals surface area (Å²) in [7, 11) is 3.56. The van der Waals surface area contributed by atoms with E-state index in [-0.39, 0.29) is 0 Å². The monoisotopic (exact) mass is 404 g/mol. The van der Waals surface area contributed by atoms with Crippen molar-refractivity contribution >= 4 is 11.6 Å². The average Bonchev–Trinajstić information content (AvgIpc) is 3.45. The average molecular weight is 405 g/mol. The van der Waals surface area contributed by atoms with Crippen LogP contribution in [0.15, 0.2) is 29.3 Å². The van der Waals surface area contributed by atoms with Gasteiger partial charge in [-0.1, -0.05) is 12.1 Å². The molecule has 162 valence electrons. The fourth-order valence-corrected chi connectivity index (χ4v) is 3.92. The first kappa shape index (κ1) is 21.7. The quantitative estimate of drug-likeness (QED) is 0.354. The Morgan fingerprint density at radius 2 is 2.14 bits per heavy atom. The second-order valence-corrected chi connectivity index (χ2v) is 7.81. The Bertz CT molecular complexity index is 634. The Kier molecular flexibility index (Phi) is 8.89. The van der Waals surface area contributed by atoms with Gasteiger partial charge in [0.2, 0.25) is 0 Å². The molecule has 2 fully saturated rings. The Morgan fingerprint density at radius 1 is 1.24 bits per heavy atom. The van der Waals surface area contributed by atoms with E-state index in [0.717, 1.165) is 77.2 Å². The van der Waals surface area contributed by atoms with Crippen LogP contribution in [0.1, 0.15) is 19.3 Å². The first-order valence-electron chi connectivity index (χ1n) is 10.8. The third kappa shape index (κ3) is 6.78. The van der Waals surface area contributed by atoms with Crippen molar-refractivity contribution < 1.29 is 14.2 Å². The summed E-state index contributed by atoms with van der Waals surface area (Å²) in [4.78, 5) is 6.75. The molecule has 0 radical (unpaired) electrons. The van der Waals surface area contributed by atoms with Gasteiger partial charge in [-0.2, -0.15) is 0 Å². The van der Waals surface area contributed by atoms with E-state index in [1.165, 1.54) is 12.1 Å². The number of hydrogen-bond acceptors (Lipinski definition) is 5. The summed E-state index contributed by atoms with van der Waals surface area (Å²) in [5, 5.41) is 6.85. The van der Waals surface area contributed by atoms with Gasteiger partial charge in [-0.25, -0.2) is 0 Å². The Labute approximate surface area is 174 Å². The van der Waals surface area contributed by atoms with Gasteiger partial charge in [0.05, 0.1) is 26.0 Å². The van der Waals surface area contributed by atoms with Crippen molar-refractivity contribution in [3.8, 4) is 5.75 Å². The number of nitrogens with one attached hydrogen (secondary N) is 2. The Morgan fingerprint density at radius 3 is 2.93 bits per heavy atom. The highest BCUT2D eigenvalue weighted by molar-refractivity contribution is 5.79. The van der Waals surface area contributed by atoms with Crippen LogP contribution in [0.2, 0.25) is 0 Å². The van der Waals surface area contributed by atoms with Gasteiger partial charge in [-0.15, -0.1) is 0 Å². The molecule has 7 heteroatoms. The predicted octanol–water partition coefficient (Wildman–Crippen LogP) is 2.13. The number of hydrogen-bond donors (Lipinski definition) is 2. The molecular formula is C22H36N4O3. The third-order valence-electron chi connectivity index (χ3n) is 5.63. The maximum absolute atomic E-state index is 5.75. The van der Waals surface area contributed by atoms with E-state index in [4.69, 9.17) is 14.2 Å². The lowest BCUT2D eigenvalue weighted by Crippen LogP contribution is -2.40. The van der Waals surface area contributed by atoms with Crippen LogP contribution in [0.3, 0.4) is 0 Å². The Hall–Kier alpha value is -1.99. The number of ether oxygens (including phenoxy) is 3. The van der Waals surface area contributed by atoms with Crippen LogP contribution >= 0.6 is 0 Å². The van der Waals surface area contributed by atoms with Crippen LogP contribution in [0.5, 0.6) is 5.75 Å². The van der Waals surface area contributed by atoms with Crippen LogP contribution in [0.25, 0.3) is 0 Å². The van der Waals surface area contributed by atoms with E-state index in [1.54, 1.807) is 7.11 Å². The van der Waals surface area contributed by atoms with Gasteiger partial charge in [0.1, 0.15) is 5.75 Å². The number of guanidine groups is 1. The second kappa shape index (κ2) is 11.9. The Balaban J connectivity index is 1.29. The minimum Gasteiger partial charge on any atom is -0.495 e. The molecule has 0 spiro atoms. The van der Waals surface area contributed by atoms with Crippen LogP contribution in [-0.4, -0.2) is 72.7 Å². The summed E-state index contributed by atoms with van der Waals surface area (Å²) in [5.74, 6) is 2.99. The summed E-state index contributed by atoms with van der Waals surface area (Å²) in [6.45, 7) is 7.20. The minimum atomic E-state index is 0.583. The molecular weight excluding hydrogens is 368 g/mol. The summed E-state index contributed by atoms with van der Waals surface area (Å²) in [6, 6.07) is 8.25. The highest BCUT2D eigenvalue weighted by Gasteiger charge is 2.24. The predicted molar refractivity (Wildman–Crippen MR) is 117 cm³/mol. The van der Waals surface area contributed by atoms with Gasteiger partial charge in [0.25, 0.3) is 0 Å². The molecule has 2 atom stereocenters. The van der Waals surface area contributed by atoms with Crippen LogP contribution in [0.4, 0.5) is 5.69 Å². The minimum absolute atomic E-state index is 0.583. The number of methoxy groups -OCH3 is 1. The first-order valence-corrected chi connectivity index (χ1v) is 10.8. The molecule has 3 rings (SSSR count). The van der Waals surface area contributed by atoms with E-state index >= 15 is 0 Å². The molecule has 7 nitrogen and oxygen atoms in total. The van der Waals surface area contributed by atoms with Gasteiger partial charge in [-0.05, 0) is 37.3 Å². The summed E-state index contributed by atoms with van der Waals surface area (Å²) >= 11 is 0. The first-order chi connectivity index (χ1) is 14.3. The zero-order chi connectivity index (χ0) is 20.3. The second-order valence-electron chi connectivity index (χ2n) is 7.81. The van der Waals surface area contributed by atoms with Gasteiger partial charge in [0, 0.05) is 52.4 Å². The molecule has 29 heavy (non-hydrogen) atoms. The van der Waals surface area contributed by atoms with Crippen molar-refractivity contribution in [3.05, 3.63) is 24.3 Å². The van der Waals surface area contributed by atoms with E-state index in [0.29, 0.717) is 11.8 Å². The standard InChI is InChI=1S/C22H36N4O3/c1-23-22(24-10-5-12-28-16-19-9-13-29-17-19)25-14-18-8-11-26(15-18)20-6-3-4-7-21(20)27-2/h3-4,6-7,18-19H,5,8-17H2,1-2H3,(H2,23,24,25). The zero-order valence-electron chi connectivity index (χ0n) is 17.9. The molecule has 2 heterocycles. The van der Waals surface area contributed by atoms with Crippen molar-refractivity contribution in [2.45, 2.75) is 19.3 Å². The molecule has 2 aliphatic heterocycles.